The topological polar surface area (TPSA) is 30.3 Å². The average Bonchev–Trinajstić information content (AvgIpc) is 2.41. The van der Waals surface area contributed by atoms with Crippen molar-refractivity contribution in [1.29, 1.82) is 5.26 Å². The molecule has 0 aromatic rings. The second-order valence-electron chi connectivity index (χ2n) is 4.60. The van der Waals surface area contributed by atoms with Crippen LogP contribution in [-0.4, -0.2) is 48.6 Å². The Hall–Kier alpha value is -0.590. The average molecular weight is 209 g/mol. The maximum absolute atomic E-state index is 8.81. The normalized spacial score (nSPS) is 26.9. The lowest BCUT2D eigenvalue weighted by molar-refractivity contribution is 0.171. The third-order valence-corrected chi connectivity index (χ3v) is 3.57. The molecule has 0 aromatic carbocycles. The molecule has 1 aliphatic heterocycles. The van der Waals surface area contributed by atoms with Gasteiger partial charge in [-0.25, -0.2) is 0 Å². The third kappa shape index (κ3) is 3.48. The van der Waals surface area contributed by atoms with Crippen LogP contribution in [0.25, 0.3) is 0 Å². The summed E-state index contributed by atoms with van der Waals surface area (Å²) in [4.78, 5) is 4.87. The monoisotopic (exact) mass is 209 g/mol. The van der Waals surface area contributed by atoms with Gasteiger partial charge in [-0.15, -0.1) is 0 Å². The lowest BCUT2D eigenvalue weighted by atomic mass is 10.1. The second kappa shape index (κ2) is 6.09. The smallest absolute Gasteiger partial charge is 0.0638 e. The van der Waals surface area contributed by atoms with Crippen molar-refractivity contribution in [2.45, 2.75) is 45.2 Å². The fourth-order valence-corrected chi connectivity index (χ4v) is 2.19. The number of hydrogen-bond acceptors (Lipinski definition) is 3. The fraction of sp³-hybridized carbons (Fsp3) is 0.917. The Balaban J connectivity index is 2.59. The summed E-state index contributed by atoms with van der Waals surface area (Å²) in [6.07, 6.45) is 3.08. The van der Waals surface area contributed by atoms with Gasteiger partial charge in [0.25, 0.3) is 0 Å². The summed E-state index contributed by atoms with van der Waals surface area (Å²) in [7, 11) is 2.14. The van der Waals surface area contributed by atoms with E-state index in [-0.39, 0.29) is 0 Å². The highest BCUT2D eigenvalue weighted by molar-refractivity contribution is 4.87. The first-order valence-corrected chi connectivity index (χ1v) is 6.00. The summed E-state index contributed by atoms with van der Waals surface area (Å²) in [5.74, 6) is 0. The number of hydrogen-bond donors (Lipinski definition) is 0. The van der Waals surface area contributed by atoms with Gasteiger partial charge >= 0.3 is 0 Å². The van der Waals surface area contributed by atoms with Crippen LogP contribution >= 0.6 is 0 Å². The maximum atomic E-state index is 8.81. The zero-order valence-corrected chi connectivity index (χ0v) is 10.2. The third-order valence-electron chi connectivity index (χ3n) is 3.57. The standard InChI is InChI=1S/C12H23N3/c1-4-11(2)15-9-5-8-14(3)12(10-15)6-7-13/h11-12H,4-6,8-10H2,1-3H3. The van der Waals surface area contributed by atoms with Gasteiger partial charge in [-0.2, -0.15) is 5.26 Å². The van der Waals surface area contributed by atoms with Crippen LogP contribution in [0.15, 0.2) is 0 Å². The van der Waals surface area contributed by atoms with Crippen molar-refractivity contribution in [3.8, 4) is 6.07 Å². The highest BCUT2D eigenvalue weighted by atomic mass is 15.2. The molecule has 1 fully saturated rings. The van der Waals surface area contributed by atoms with Gasteiger partial charge in [0.15, 0.2) is 0 Å². The van der Waals surface area contributed by atoms with Crippen molar-refractivity contribution in [2.75, 3.05) is 26.7 Å². The van der Waals surface area contributed by atoms with Gasteiger partial charge in [0.05, 0.1) is 12.5 Å². The van der Waals surface area contributed by atoms with Gasteiger partial charge < -0.3 is 4.90 Å². The Morgan fingerprint density at radius 1 is 1.47 bits per heavy atom. The van der Waals surface area contributed by atoms with E-state index < -0.39 is 0 Å². The summed E-state index contributed by atoms with van der Waals surface area (Å²) in [5.41, 5.74) is 0. The molecule has 2 unspecified atom stereocenters. The number of rotatable bonds is 3. The molecule has 1 heterocycles. The van der Waals surface area contributed by atoms with Gasteiger partial charge in [0.2, 0.25) is 0 Å². The highest BCUT2D eigenvalue weighted by Gasteiger charge is 2.24. The molecule has 0 bridgehead atoms. The summed E-state index contributed by atoms with van der Waals surface area (Å²) in [5, 5.41) is 8.81. The molecular formula is C12H23N3. The van der Waals surface area contributed by atoms with Crippen LogP contribution in [-0.2, 0) is 0 Å². The van der Waals surface area contributed by atoms with Crippen molar-refractivity contribution in [1.82, 2.24) is 9.80 Å². The van der Waals surface area contributed by atoms with Crippen LogP contribution in [0.1, 0.15) is 33.1 Å². The first-order chi connectivity index (χ1) is 7.19. The zero-order valence-electron chi connectivity index (χ0n) is 10.2. The van der Waals surface area contributed by atoms with E-state index in [1.165, 1.54) is 19.4 Å². The Bertz CT molecular complexity index is 221. The van der Waals surface area contributed by atoms with Crippen molar-refractivity contribution in [3.05, 3.63) is 0 Å². The predicted molar refractivity (Wildman–Crippen MR) is 62.6 cm³/mol. The Labute approximate surface area is 93.7 Å². The Morgan fingerprint density at radius 3 is 2.80 bits per heavy atom. The molecule has 0 radical (unpaired) electrons. The lowest BCUT2D eigenvalue weighted by Crippen LogP contribution is -2.42. The largest absolute Gasteiger partial charge is 0.301 e. The number of likely N-dealkylation sites (N-methyl/N-ethyl adjacent to an activating group) is 1. The first-order valence-electron chi connectivity index (χ1n) is 6.00. The van der Waals surface area contributed by atoms with Crippen molar-refractivity contribution >= 4 is 0 Å². The van der Waals surface area contributed by atoms with Gasteiger partial charge in [-0.3, -0.25) is 4.90 Å². The minimum absolute atomic E-state index is 0.423. The number of nitriles is 1. The van der Waals surface area contributed by atoms with E-state index in [2.05, 4.69) is 36.8 Å². The maximum Gasteiger partial charge on any atom is 0.0638 e. The predicted octanol–water partition coefficient (Wildman–Crippen LogP) is 1.70. The summed E-state index contributed by atoms with van der Waals surface area (Å²) >= 11 is 0. The molecule has 0 aliphatic carbocycles. The molecule has 3 heteroatoms. The van der Waals surface area contributed by atoms with E-state index in [4.69, 9.17) is 5.26 Å². The molecule has 0 amide bonds. The molecule has 1 saturated heterocycles. The Morgan fingerprint density at radius 2 is 2.20 bits per heavy atom. The summed E-state index contributed by atoms with van der Waals surface area (Å²) in [6, 6.07) is 3.38. The van der Waals surface area contributed by atoms with Crippen LogP contribution in [0.3, 0.4) is 0 Å². The van der Waals surface area contributed by atoms with Crippen molar-refractivity contribution in [2.24, 2.45) is 0 Å². The van der Waals surface area contributed by atoms with Gasteiger partial charge in [0.1, 0.15) is 0 Å². The SMILES string of the molecule is CCC(C)N1CCCN(C)C(CC#N)C1. The highest BCUT2D eigenvalue weighted by Crippen LogP contribution is 2.14. The molecule has 3 nitrogen and oxygen atoms in total. The molecule has 1 aliphatic rings. The molecule has 1 rings (SSSR count). The van der Waals surface area contributed by atoms with Gasteiger partial charge in [-0.1, -0.05) is 6.92 Å². The Kier molecular flexibility index (Phi) is 5.07. The van der Waals surface area contributed by atoms with E-state index in [1.807, 2.05) is 0 Å². The van der Waals surface area contributed by atoms with Crippen molar-refractivity contribution in [3.63, 3.8) is 0 Å². The van der Waals surface area contributed by atoms with E-state index in [0.717, 1.165) is 13.1 Å². The molecule has 0 saturated carbocycles. The van der Waals surface area contributed by atoms with Gasteiger partial charge in [0, 0.05) is 18.6 Å². The number of nitrogens with zero attached hydrogens (tertiary/aromatic N) is 3. The molecule has 15 heavy (non-hydrogen) atoms. The van der Waals surface area contributed by atoms with Gasteiger partial charge in [-0.05, 0) is 39.9 Å². The molecule has 0 spiro atoms. The van der Waals surface area contributed by atoms with Crippen LogP contribution in [0, 0.1) is 11.3 Å². The van der Waals surface area contributed by atoms with E-state index in [0.29, 0.717) is 18.5 Å². The molecular weight excluding hydrogens is 186 g/mol. The van der Waals surface area contributed by atoms with E-state index in [1.54, 1.807) is 0 Å². The zero-order chi connectivity index (χ0) is 11.3. The molecule has 86 valence electrons. The lowest BCUT2D eigenvalue weighted by Gasteiger charge is -2.30. The van der Waals surface area contributed by atoms with E-state index in [9.17, 15) is 0 Å². The van der Waals surface area contributed by atoms with Crippen LogP contribution in [0.2, 0.25) is 0 Å². The quantitative estimate of drug-likeness (QED) is 0.709. The van der Waals surface area contributed by atoms with Crippen LogP contribution < -0.4 is 0 Å². The van der Waals surface area contributed by atoms with Crippen LogP contribution in [0.4, 0.5) is 0 Å². The first kappa shape index (κ1) is 12.5. The van der Waals surface area contributed by atoms with Crippen molar-refractivity contribution < 1.29 is 0 Å². The molecule has 0 N–H and O–H groups in total. The molecule has 2 atom stereocenters. The summed E-state index contributed by atoms with van der Waals surface area (Å²) < 4.78 is 0. The summed E-state index contributed by atoms with van der Waals surface area (Å²) in [6.45, 7) is 7.88. The minimum Gasteiger partial charge on any atom is -0.301 e. The fourth-order valence-electron chi connectivity index (χ4n) is 2.19. The molecule has 0 aromatic heterocycles. The minimum atomic E-state index is 0.423. The van der Waals surface area contributed by atoms with E-state index >= 15 is 0 Å². The second-order valence-corrected chi connectivity index (χ2v) is 4.60. The van der Waals surface area contributed by atoms with Crippen LogP contribution in [0.5, 0.6) is 0 Å².